The molecule has 1 aliphatic carbocycles. The average Bonchev–Trinajstić information content (AvgIpc) is 2.74. The largest absolute Gasteiger partial charge is 0.364 e. The van der Waals surface area contributed by atoms with E-state index in [1.807, 2.05) is 12.1 Å². The predicted octanol–water partition coefficient (Wildman–Crippen LogP) is 1.78. The molecule has 0 atom stereocenters. The molecule has 1 saturated carbocycles. The van der Waals surface area contributed by atoms with Crippen molar-refractivity contribution in [2.45, 2.75) is 18.4 Å². The fraction of sp³-hybridized carbons (Fsp3) is 0.300. The van der Waals surface area contributed by atoms with Crippen molar-refractivity contribution in [3.05, 3.63) is 30.0 Å². The van der Waals surface area contributed by atoms with Crippen molar-refractivity contribution in [1.82, 2.24) is 5.16 Å². The van der Waals surface area contributed by atoms with E-state index in [1.165, 1.54) is 5.56 Å². The van der Waals surface area contributed by atoms with Crippen molar-refractivity contribution in [2.24, 2.45) is 5.73 Å². The van der Waals surface area contributed by atoms with E-state index in [-0.39, 0.29) is 5.54 Å². The maximum Gasteiger partial charge on any atom is 0.131 e. The number of hydrogen-bond donors (Lipinski definition) is 1. The zero-order chi connectivity index (χ0) is 8.89. The summed E-state index contributed by atoms with van der Waals surface area (Å²) >= 11 is 0. The molecule has 0 amide bonds. The van der Waals surface area contributed by atoms with Crippen molar-refractivity contribution in [2.75, 3.05) is 0 Å². The molecular formula is C10H10N2O. The molecule has 2 aromatic rings. The second kappa shape index (κ2) is 2.12. The second-order valence-electron chi connectivity index (χ2n) is 3.74. The van der Waals surface area contributed by atoms with E-state index in [2.05, 4.69) is 11.2 Å². The highest BCUT2D eigenvalue weighted by Crippen LogP contribution is 2.43. The van der Waals surface area contributed by atoms with Gasteiger partial charge in [-0.1, -0.05) is 11.2 Å². The van der Waals surface area contributed by atoms with E-state index in [9.17, 15) is 0 Å². The molecule has 2 N–H and O–H groups in total. The highest BCUT2D eigenvalue weighted by atomic mass is 16.5. The van der Waals surface area contributed by atoms with Crippen molar-refractivity contribution >= 4 is 10.9 Å². The molecule has 1 heterocycles. The van der Waals surface area contributed by atoms with Crippen molar-refractivity contribution < 1.29 is 4.52 Å². The first-order valence-corrected chi connectivity index (χ1v) is 4.41. The van der Waals surface area contributed by atoms with E-state index >= 15 is 0 Å². The van der Waals surface area contributed by atoms with Crippen LogP contribution in [0.15, 0.2) is 29.0 Å². The van der Waals surface area contributed by atoms with E-state index in [4.69, 9.17) is 10.3 Å². The number of nitrogens with two attached hydrogens (primary N) is 1. The molecule has 1 aromatic heterocycles. The van der Waals surface area contributed by atoms with Crippen LogP contribution in [0.4, 0.5) is 0 Å². The zero-order valence-electron chi connectivity index (χ0n) is 7.16. The quantitative estimate of drug-likeness (QED) is 0.716. The molecule has 1 aromatic carbocycles. The van der Waals surface area contributed by atoms with Gasteiger partial charge < -0.3 is 10.3 Å². The number of nitrogens with zero attached hydrogens (tertiary/aromatic N) is 1. The number of hydrogen-bond acceptors (Lipinski definition) is 3. The van der Waals surface area contributed by atoms with Crippen LogP contribution < -0.4 is 5.73 Å². The smallest absolute Gasteiger partial charge is 0.131 e. The Bertz CT molecular complexity index is 457. The van der Waals surface area contributed by atoms with Crippen molar-refractivity contribution in [3.8, 4) is 0 Å². The molecule has 0 saturated heterocycles. The van der Waals surface area contributed by atoms with Gasteiger partial charge in [0.2, 0.25) is 0 Å². The summed E-state index contributed by atoms with van der Waals surface area (Å²) in [6.07, 6.45) is 3.81. The number of rotatable bonds is 1. The minimum Gasteiger partial charge on any atom is -0.364 e. The summed E-state index contributed by atoms with van der Waals surface area (Å²) in [6.45, 7) is 0. The van der Waals surface area contributed by atoms with E-state index in [1.54, 1.807) is 6.26 Å². The molecule has 3 nitrogen and oxygen atoms in total. The van der Waals surface area contributed by atoms with Gasteiger partial charge in [-0.3, -0.25) is 0 Å². The van der Waals surface area contributed by atoms with E-state index in [0.29, 0.717) is 0 Å². The van der Waals surface area contributed by atoms with Gasteiger partial charge in [0.05, 0.1) is 0 Å². The maximum atomic E-state index is 6.07. The summed E-state index contributed by atoms with van der Waals surface area (Å²) in [5.41, 5.74) is 8.07. The molecule has 0 aliphatic heterocycles. The first kappa shape index (κ1) is 7.09. The highest BCUT2D eigenvalue weighted by molar-refractivity contribution is 5.78. The Hall–Kier alpha value is -1.35. The summed E-state index contributed by atoms with van der Waals surface area (Å²) in [5.74, 6) is 0. The van der Waals surface area contributed by atoms with Gasteiger partial charge in [0.25, 0.3) is 0 Å². The fourth-order valence-electron chi connectivity index (χ4n) is 1.60. The van der Waals surface area contributed by atoms with Crippen LogP contribution in [0.2, 0.25) is 0 Å². The number of fused-ring (bicyclic) bond motifs is 1. The third-order valence-corrected chi connectivity index (χ3v) is 2.72. The van der Waals surface area contributed by atoms with Gasteiger partial charge in [0.15, 0.2) is 0 Å². The van der Waals surface area contributed by atoms with Gasteiger partial charge in [-0.25, -0.2) is 0 Å². The van der Waals surface area contributed by atoms with Crippen molar-refractivity contribution in [1.29, 1.82) is 0 Å². The third-order valence-electron chi connectivity index (χ3n) is 2.72. The van der Waals surface area contributed by atoms with Gasteiger partial charge in [-0.2, -0.15) is 0 Å². The Morgan fingerprint density at radius 3 is 3.00 bits per heavy atom. The minimum atomic E-state index is -0.0763. The van der Waals surface area contributed by atoms with Crippen LogP contribution in [0, 0.1) is 0 Å². The average molecular weight is 174 g/mol. The van der Waals surface area contributed by atoms with Crippen LogP contribution in [0.25, 0.3) is 10.9 Å². The van der Waals surface area contributed by atoms with Crippen LogP contribution in [-0.2, 0) is 5.54 Å². The van der Waals surface area contributed by atoms with Gasteiger partial charge in [-0.15, -0.1) is 0 Å². The summed E-state index contributed by atoms with van der Waals surface area (Å²) in [5, 5.41) is 4.93. The molecule has 0 unspecified atom stereocenters. The van der Waals surface area contributed by atoms with E-state index in [0.717, 1.165) is 23.7 Å². The molecule has 66 valence electrons. The first-order chi connectivity index (χ1) is 6.28. The molecule has 0 radical (unpaired) electrons. The van der Waals surface area contributed by atoms with Crippen molar-refractivity contribution in [3.63, 3.8) is 0 Å². The lowest BCUT2D eigenvalue weighted by Crippen LogP contribution is -2.18. The molecular weight excluding hydrogens is 164 g/mol. The molecule has 0 bridgehead atoms. The van der Waals surface area contributed by atoms with Gasteiger partial charge in [-0.05, 0) is 30.5 Å². The molecule has 0 spiro atoms. The lowest BCUT2D eigenvalue weighted by Gasteiger charge is -2.07. The summed E-state index contributed by atoms with van der Waals surface area (Å²) < 4.78 is 4.86. The molecule has 3 heteroatoms. The van der Waals surface area contributed by atoms with E-state index < -0.39 is 0 Å². The van der Waals surface area contributed by atoms with Gasteiger partial charge in [0.1, 0.15) is 11.8 Å². The molecule has 3 rings (SSSR count). The normalized spacial score (nSPS) is 19.2. The van der Waals surface area contributed by atoms with Crippen LogP contribution in [-0.4, -0.2) is 5.16 Å². The number of aromatic nitrogens is 1. The Morgan fingerprint density at radius 2 is 2.23 bits per heavy atom. The van der Waals surface area contributed by atoms with Crippen LogP contribution >= 0.6 is 0 Å². The minimum absolute atomic E-state index is 0.0763. The lowest BCUT2D eigenvalue weighted by atomic mass is 10.0. The molecule has 1 fully saturated rings. The van der Waals surface area contributed by atoms with Crippen LogP contribution in [0.1, 0.15) is 18.4 Å². The summed E-state index contributed by atoms with van der Waals surface area (Å²) in [4.78, 5) is 0. The third kappa shape index (κ3) is 0.971. The lowest BCUT2D eigenvalue weighted by molar-refractivity contribution is 0.428. The Morgan fingerprint density at radius 1 is 1.38 bits per heavy atom. The monoisotopic (exact) mass is 174 g/mol. The summed E-state index contributed by atoms with van der Waals surface area (Å²) in [6, 6.07) is 6.09. The van der Waals surface area contributed by atoms with Crippen LogP contribution in [0.5, 0.6) is 0 Å². The second-order valence-corrected chi connectivity index (χ2v) is 3.74. The van der Waals surface area contributed by atoms with Gasteiger partial charge >= 0.3 is 0 Å². The fourth-order valence-corrected chi connectivity index (χ4v) is 1.60. The Labute approximate surface area is 75.5 Å². The molecule has 13 heavy (non-hydrogen) atoms. The Balaban J connectivity index is 2.20. The molecule has 1 aliphatic rings. The first-order valence-electron chi connectivity index (χ1n) is 4.41. The number of benzene rings is 1. The summed E-state index contributed by atoms with van der Waals surface area (Å²) in [7, 11) is 0. The Kier molecular flexibility index (Phi) is 1.15. The van der Waals surface area contributed by atoms with Crippen LogP contribution in [0.3, 0.4) is 0 Å². The van der Waals surface area contributed by atoms with Gasteiger partial charge in [0, 0.05) is 10.9 Å². The standard InChI is InChI=1S/C10H10N2O/c11-10(3-4-10)8-2-1-7-6-13-12-9(7)5-8/h1-2,5-6H,3-4,11H2. The maximum absolute atomic E-state index is 6.07. The highest BCUT2D eigenvalue weighted by Gasteiger charge is 2.40. The topological polar surface area (TPSA) is 52.0 Å². The SMILES string of the molecule is NC1(c2ccc3conc3c2)CC1. The zero-order valence-corrected chi connectivity index (χ0v) is 7.16. The predicted molar refractivity (Wildman–Crippen MR) is 49.1 cm³/mol.